The number of anilines is 1. The van der Waals surface area contributed by atoms with Crippen LogP contribution in [0.4, 0.5) is 5.82 Å². The van der Waals surface area contributed by atoms with Gasteiger partial charge in [-0.15, -0.1) is 0 Å². The molecule has 0 aliphatic heterocycles. The van der Waals surface area contributed by atoms with Crippen LogP contribution in [0, 0.1) is 0 Å². The van der Waals surface area contributed by atoms with E-state index in [1.165, 1.54) is 26.4 Å². The van der Waals surface area contributed by atoms with E-state index < -0.39 is 5.97 Å². The number of methoxy groups -OCH3 is 2. The van der Waals surface area contributed by atoms with Crippen LogP contribution >= 0.6 is 15.9 Å². The Morgan fingerprint density at radius 2 is 1.75 bits per heavy atom. The van der Waals surface area contributed by atoms with Crippen LogP contribution in [0.1, 0.15) is 42.5 Å². The van der Waals surface area contributed by atoms with Gasteiger partial charge >= 0.3 is 5.97 Å². The van der Waals surface area contributed by atoms with Crippen molar-refractivity contribution in [1.82, 2.24) is 9.38 Å². The maximum absolute atomic E-state index is 12.9. The van der Waals surface area contributed by atoms with Crippen molar-refractivity contribution >= 4 is 33.4 Å². The highest BCUT2D eigenvalue weighted by molar-refractivity contribution is 9.10. The van der Waals surface area contributed by atoms with E-state index in [-0.39, 0.29) is 0 Å². The van der Waals surface area contributed by atoms with Crippen LogP contribution in [0.15, 0.2) is 65.3 Å². The summed E-state index contributed by atoms with van der Waals surface area (Å²) >= 11 is 3.59. The maximum atomic E-state index is 12.9. The number of carbonyl (C=O) groups is 1. The number of pyridine rings is 1. The molecule has 2 aromatic heterocycles. The zero-order valence-corrected chi connectivity index (χ0v) is 21.9. The fourth-order valence-electron chi connectivity index (χ4n) is 4.67. The van der Waals surface area contributed by atoms with Crippen LogP contribution in [0.25, 0.3) is 16.9 Å². The molecule has 0 spiro atoms. The Labute approximate surface area is 218 Å². The zero-order chi connectivity index (χ0) is 25.1. The van der Waals surface area contributed by atoms with Gasteiger partial charge in [0.1, 0.15) is 28.5 Å². The lowest BCUT2D eigenvalue weighted by Gasteiger charge is -2.24. The second-order valence-corrected chi connectivity index (χ2v) is 9.73. The third kappa shape index (κ3) is 4.91. The fourth-order valence-corrected chi connectivity index (χ4v) is 5.00. The quantitative estimate of drug-likeness (QED) is 0.203. The van der Waals surface area contributed by atoms with E-state index in [9.17, 15) is 4.79 Å². The first-order valence-electron chi connectivity index (χ1n) is 12.0. The van der Waals surface area contributed by atoms with Gasteiger partial charge in [-0.25, -0.2) is 9.78 Å². The number of nitrogens with one attached hydrogen (secondary N) is 1. The molecule has 0 unspecified atom stereocenters. The van der Waals surface area contributed by atoms with Crippen molar-refractivity contribution in [3.05, 3.63) is 70.8 Å². The monoisotopic (exact) mass is 549 g/mol. The standard InChI is InChI=1S/C28H28BrN3O4/c1-34-22-11-7-6-10-21(22)28(33)36-23-14-12-18(16-24(23)35-2)26-27(30-20-8-4-3-5-9-20)32-17-19(29)13-15-25(32)31-26/h6-7,10-17,20,30H,3-5,8-9H2,1-2H3. The lowest BCUT2D eigenvalue weighted by Crippen LogP contribution is -2.23. The topological polar surface area (TPSA) is 74.1 Å². The molecular weight excluding hydrogens is 522 g/mol. The molecule has 0 atom stereocenters. The number of rotatable bonds is 7. The Hall–Kier alpha value is -3.52. The number of carbonyl (C=O) groups excluding carboxylic acids is 1. The van der Waals surface area contributed by atoms with E-state index in [0.717, 1.165) is 40.0 Å². The summed E-state index contributed by atoms with van der Waals surface area (Å²) in [6, 6.07) is 16.8. The molecular formula is C28H28BrN3O4. The van der Waals surface area contributed by atoms with Crippen molar-refractivity contribution in [2.45, 2.75) is 38.1 Å². The molecule has 5 rings (SSSR count). The van der Waals surface area contributed by atoms with Crippen molar-refractivity contribution in [2.75, 3.05) is 19.5 Å². The molecule has 2 heterocycles. The van der Waals surface area contributed by atoms with Crippen LogP contribution in [-0.2, 0) is 0 Å². The summed E-state index contributed by atoms with van der Waals surface area (Å²) in [6.45, 7) is 0. The molecule has 0 amide bonds. The smallest absolute Gasteiger partial charge is 0.347 e. The molecule has 0 saturated heterocycles. The van der Waals surface area contributed by atoms with Gasteiger partial charge in [-0.2, -0.15) is 0 Å². The van der Waals surface area contributed by atoms with Crippen molar-refractivity contribution in [2.24, 2.45) is 0 Å². The first kappa shape index (κ1) is 24.2. The third-order valence-corrected chi connectivity index (χ3v) is 6.96. The third-order valence-electron chi connectivity index (χ3n) is 6.50. The summed E-state index contributed by atoms with van der Waals surface area (Å²) in [7, 11) is 3.08. The Morgan fingerprint density at radius 1 is 0.972 bits per heavy atom. The van der Waals surface area contributed by atoms with Crippen LogP contribution in [-0.4, -0.2) is 35.6 Å². The minimum atomic E-state index is -0.518. The molecule has 1 aliphatic carbocycles. The molecule has 4 aromatic rings. The Kier molecular flexibility index (Phi) is 7.13. The minimum absolute atomic E-state index is 0.324. The Morgan fingerprint density at radius 3 is 2.53 bits per heavy atom. The van der Waals surface area contributed by atoms with E-state index in [4.69, 9.17) is 19.2 Å². The van der Waals surface area contributed by atoms with E-state index in [0.29, 0.717) is 28.9 Å². The minimum Gasteiger partial charge on any atom is -0.496 e. The first-order valence-corrected chi connectivity index (χ1v) is 12.8. The number of esters is 1. The average molecular weight is 550 g/mol. The fraction of sp³-hybridized carbons (Fsp3) is 0.286. The number of hydrogen-bond donors (Lipinski definition) is 1. The number of imidazole rings is 1. The molecule has 1 N–H and O–H groups in total. The second-order valence-electron chi connectivity index (χ2n) is 8.82. The number of fused-ring (bicyclic) bond motifs is 1. The molecule has 1 saturated carbocycles. The number of aromatic nitrogens is 2. The van der Waals surface area contributed by atoms with E-state index >= 15 is 0 Å². The number of nitrogens with zero attached hydrogens (tertiary/aromatic N) is 2. The van der Waals surface area contributed by atoms with Gasteiger partial charge in [0.15, 0.2) is 11.5 Å². The molecule has 2 aromatic carbocycles. The highest BCUT2D eigenvalue weighted by atomic mass is 79.9. The maximum Gasteiger partial charge on any atom is 0.347 e. The summed E-state index contributed by atoms with van der Waals surface area (Å²) < 4.78 is 19.7. The van der Waals surface area contributed by atoms with Gasteiger partial charge in [0.2, 0.25) is 0 Å². The van der Waals surface area contributed by atoms with Crippen LogP contribution in [0.3, 0.4) is 0 Å². The molecule has 186 valence electrons. The Balaban J connectivity index is 1.50. The predicted octanol–water partition coefficient (Wildman–Crippen LogP) is 6.74. The van der Waals surface area contributed by atoms with Gasteiger partial charge in [0, 0.05) is 22.3 Å². The SMILES string of the molecule is COc1cc(-c2nc3ccc(Br)cn3c2NC2CCCCC2)ccc1OC(=O)c1ccccc1OC. The van der Waals surface area contributed by atoms with Crippen LogP contribution in [0.5, 0.6) is 17.2 Å². The molecule has 0 bridgehead atoms. The molecule has 36 heavy (non-hydrogen) atoms. The summed E-state index contributed by atoms with van der Waals surface area (Å²) in [5.41, 5.74) is 2.87. The number of hydrogen-bond acceptors (Lipinski definition) is 6. The molecule has 8 heteroatoms. The van der Waals surface area contributed by atoms with Crippen molar-refractivity contribution in [3.63, 3.8) is 0 Å². The summed E-state index contributed by atoms with van der Waals surface area (Å²) in [6.07, 6.45) is 8.05. The van der Waals surface area contributed by atoms with Gasteiger partial charge in [-0.1, -0.05) is 31.4 Å². The first-order chi connectivity index (χ1) is 17.6. The number of halogens is 1. The number of ether oxygens (including phenoxy) is 3. The molecule has 7 nitrogen and oxygen atoms in total. The van der Waals surface area contributed by atoms with Crippen LogP contribution in [0.2, 0.25) is 0 Å². The van der Waals surface area contributed by atoms with Gasteiger partial charge in [-0.05, 0) is 71.2 Å². The van der Waals surface area contributed by atoms with Crippen molar-refractivity contribution < 1.29 is 19.0 Å². The van der Waals surface area contributed by atoms with Gasteiger partial charge in [0.25, 0.3) is 0 Å². The summed E-state index contributed by atoms with van der Waals surface area (Å²) in [4.78, 5) is 17.8. The van der Waals surface area contributed by atoms with Crippen LogP contribution < -0.4 is 19.5 Å². The van der Waals surface area contributed by atoms with Crippen molar-refractivity contribution in [3.8, 4) is 28.5 Å². The van der Waals surface area contributed by atoms with Gasteiger partial charge in [0.05, 0.1) is 14.2 Å². The highest BCUT2D eigenvalue weighted by Gasteiger charge is 2.22. The number of para-hydroxylation sites is 1. The van der Waals surface area contributed by atoms with E-state index in [1.54, 1.807) is 37.4 Å². The zero-order valence-electron chi connectivity index (χ0n) is 20.3. The van der Waals surface area contributed by atoms with E-state index in [2.05, 4.69) is 25.6 Å². The lowest BCUT2D eigenvalue weighted by atomic mass is 9.95. The second kappa shape index (κ2) is 10.6. The average Bonchev–Trinajstić information content (AvgIpc) is 3.26. The van der Waals surface area contributed by atoms with Crippen molar-refractivity contribution in [1.29, 1.82) is 0 Å². The van der Waals surface area contributed by atoms with Gasteiger partial charge in [-0.3, -0.25) is 4.40 Å². The Bertz CT molecular complexity index is 1400. The predicted molar refractivity (Wildman–Crippen MR) is 143 cm³/mol. The van der Waals surface area contributed by atoms with Gasteiger partial charge < -0.3 is 19.5 Å². The van der Waals surface area contributed by atoms with E-state index in [1.807, 2.05) is 30.5 Å². The summed E-state index contributed by atoms with van der Waals surface area (Å²) in [5.74, 6) is 1.64. The highest BCUT2D eigenvalue weighted by Crippen LogP contribution is 2.37. The molecule has 1 fully saturated rings. The molecule has 0 radical (unpaired) electrons. The number of benzene rings is 2. The molecule has 1 aliphatic rings. The normalized spacial score (nSPS) is 14.0. The largest absolute Gasteiger partial charge is 0.496 e. The lowest BCUT2D eigenvalue weighted by molar-refractivity contribution is 0.0726. The summed E-state index contributed by atoms with van der Waals surface area (Å²) in [5, 5.41) is 3.76.